The molecule has 2 aromatic rings. The number of aromatic nitrogens is 2. The Bertz CT molecular complexity index is 1090. The SMILES string of the molecule is CC(=O)N(C)C[C@H](O)CN1[C@@H]2CC[C@H]1CC(NC(=O)On1c(=O)n(C(C)C)c3ccccc31)C2. The van der Waals surface area contributed by atoms with Crippen LogP contribution in [0.5, 0.6) is 0 Å². The summed E-state index contributed by atoms with van der Waals surface area (Å²) in [6.45, 7) is 6.13. The number of amides is 2. The van der Waals surface area contributed by atoms with E-state index in [1.807, 2.05) is 26.0 Å². The Balaban J connectivity index is 1.38. The molecular weight excluding hydrogens is 438 g/mol. The lowest BCUT2D eigenvalue weighted by atomic mass is 9.97. The average molecular weight is 474 g/mol. The van der Waals surface area contributed by atoms with Crippen LogP contribution in [0.3, 0.4) is 0 Å². The summed E-state index contributed by atoms with van der Waals surface area (Å²) >= 11 is 0. The molecule has 2 fully saturated rings. The molecular formula is C24H35N5O5. The van der Waals surface area contributed by atoms with Gasteiger partial charge in [0.2, 0.25) is 5.91 Å². The number of nitrogens with one attached hydrogen (secondary N) is 1. The van der Waals surface area contributed by atoms with E-state index in [1.54, 1.807) is 23.7 Å². The molecule has 2 amide bonds. The maximum Gasteiger partial charge on any atom is 0.432 e. The van der Waals surface area contributed by atoms with Crippen LogP contribution in [0.4, 0.5) is 4.79 Å². The molecule has 0 spiro atoms. The van der Waals surface area contributed by atoms with Crippen molar-refractivity contribution in [3.8, 4) is 0 Å². The number of piperidine rings is 1. The lowest BCUT2D eigenvalue weighted by Gasteiger charge is -2.40. The van der Waals surface area contributed by atoms with Crippen LogP contribution < -0.4 is 15.8 Å². The van der Waals surface area contributed by atoms with Gasteiger partial charge >= 0.3 is 11.8 Å². The Hall–Kier alpha value is -2.85. The first-order valence-corrected chi connectivity index (χ1v) is 12.0. The fourth-order valence-electron chi connectivity index (χ4n) is 5.44. The van der Waals surface area contributed by atoms with E-state index in [0.29, 0.717) is 18.6 Å². The predicted molar refractivity (Wildman–Crippen MR) is 128 cm³/mol. The number of hydrogen-bond donors (Lipinski definition) is 2. The molecule has 34 heavy (non-hydrogen) atoms. The number of carbonyl (C=O) groups excluding carboxylic acids is 2. The van der Waals surface area contributed by atoms with Gasteiger partial charge in [-0.25, -0.2) is 9.59 Å². The van der Waals surface area contributed by atoms with Crippen molar-refractivity contribution < 1.29 is 19.5 Å². The van der Waals surface area contributed by atoms with Gasteiger partial charge in [-0.2, -0.15) is 0 Å². The fraction of sp³-hybridized carbons (Fsp3) is 0.625. The molecule has 1 aromatic carbocycles. The van der Waals surface area contributed by atoms with E-state index >= 15 is 0 Å². The van der Waals surface area contributed by atoms with Crippen molar-refractivity contribution in [1.29, 1.82) is 0 Å². The summed E-state index contributed by atoms with van der Waals surface area (Å²) in [5, 5.41) is 13.4. The van der Waals surface area contributed by atoms with Gasteiger partial charge in [-0.3, -0.25) is 14.3 Å². The van der Waals surface area contributed by atoms with Crippen molar-refractivity contribution in [2.75, 3.05) is 20.1 Å². The quantitative estimate of drug-likeness (QED) is 0.629. The van der Waals surface area contributed by atoms with Crippen molar-refractivity contribution in [2.45, 2.75) is 76.7 Å². The Labute approximate surface area is 199 Å². The summed E-state index contributed by atoms with van der Waals surface area (Å²) in [4.78, 5) is 46.4. The molecule has 10 nitrogen and oxygen atoms in total. The molecule has 4 rings (SSSR count). The maximum absolute atomic E-state index is 12.9. The third kappa shape index (κ3) is 4.83. The number of imidazole rings is 1. The van der Waals surface area contributed by atoms with E-state index in [1.165, 1.54) is 11.8 Å². The minimum atomic E-state index is -0.644. The molecule has 10 heteroatoms. The number of aliphatic hydroxyl groups excluding tert-OH is 1. The molecule has 1 aromatic heterocycles. The van der Waals surface area contributed by atoms with Crippen LogP contribution in [0.2, 0.25) is 0 Å². The number of aliphatic hydroxyl groups is 1. The molecule has 1 unspecified atom stereocenters. The molecule has 0 radical (unpaired) electrons. The van der Waals surface area contributed by atoms with Crippen molar-refractivity contribution >= 4 is 23.0 Å². The van der Waals surface area contributed by atoms with Gasteiger partial charge in [-0.05, 0) is 51.7 Å². The first-order chi connectivity index (χ1) is 16.2. The zero-order chi connectivity index (χ0) is 24.6. The maximum atomic E-state index is 12.9. The highest BCUT2D eigenvalue weighted by molar-refractivity contribution is 5.77. The predicted octanol–water partition coefficient (Wildman–Crippen LogP) is 1.36. The van der Waals surface area contributed by atoms with E-state index in [4.69, 9.17) is 4.84 Å². The summed E-state index contributed by atoms with van der Waals surface area (Å²) in [6, 6.07) is 7.63. The van der Waals surface area contributed by atoms with Crippen LogP contribution in [0.25, 0.3) is 11.0 Å². The third-order valence-electron chi connectivity index (χ3n) is 7.08. The van der Waals surface area contributed by atoms with Gasteiger partial charge in [0.05, 0.1) is 11.6 Å². The van der Waals surface area contributed by atoms with Gasteiger partial charge in [-0.15, -0.1) is 4.73 Å². The van der Waals surface area contributed by atoms with Crippen molar-refractivity contribution in [2.24, 2.45) is 0 Å². The van der Waals surface area contributed by atoms with Crippen LogP contribution in [-0.2, 0) is 4.79 Å². The molecule has 2 aliphatic rings. The Morgan fingerprint density at radius 3 is 2.38 bits per heavy atom. The van der Waals surface area contributed by atoms with E-state index in [-0.39, 0.29) is 35.8 Å². The number of nitrogens with zero attached hydrogens (tertiary/aromatic N) is 4. The molecule has 2 saturated heterocycles. The molecule has 2 N–H and O–H groups in total. The van der Waals surface area contributed by atoms with E-state index < -0.39 is 12.2 Å². The van der Waals surface area contributed by atoms with Gasteiger partial charge < -0.3 is 20.2 Å². The van der Waals surface area contributed by atoms with E-state index in [9.17, 15) is 19.5 Å². The Morgan fingerprint density at radius 2 is 1.79 bits per heavy atom. The highest BCUT2D eigenvalue weighted by Gasteiger charge is 2.42. The van der Waals surface area contributed by atoms with Crippen molar-refractivity contribution in [1.82, 2.24) is 24.4 Å². The highest BCUT2D eigenvalue weighted by Crippen LogP contribution is 2.35. The summed E-state index contributed by atoms with van der Waals surface area (Å²) < 4.78 is 2.67. The molecule has 4 atom stereocenters. The normalized spacial score (nSPS) is 23.3. The zero-order valence-electron chi connectivity index (χ0n) is 20.3. The largest absolute Gasteiger partial charge is 0.432 e. The molecule has 0 aliphatic carbocycles. The minimum absolute atomic E-state index is 0.0626. The number of rotatable bonds is 7. The van der Waals surface area contributed by atoms with E-state index in [0.717, 1.165) is 35.9 Å². The lowest BCUT2D eigenvalue weighted by Crippen LogP contribution is -2.54. The van der Waals surface area contributed by atoms with Gasteiger partial charge in [0, 0.05) is 51.2 Å². The van der Waals surface area contributed by atoms with Gasteiger partial charge in [0.25, 0.3) is 0 Å². The molecule has 2 aliphatic heterocycles. The Kier molecular flexibility index (Phi) is 6.99. The first kappa shape index (κ1) is 24.3. The molecule has 3 heterocycles. The Morgan fingerprint density at radius 1 is 1.18 bits per heavy atom. The summed E-state index contributed by atoms with van der Waals surface area (Å²) in [6.07, 6.45) is 2.27. The summed E-state index contributed by atoms with van der Waals surface area (Å²) in [5.41, 5.74) is 0.886. The number of hydrogen-bond acceptors (Lipinski definition) is 6. The number of likely N-dealkylation sites (N-methyl/N-ethyl adjacent to an activating group) is 1. The molecule has 0 saturated carbocycles. The van der Waals surface area contributed by atoms with E-state index in [2.05, 4.69) is 10.2 Å². The fourth-order valence-corrected chi connectivity index (χ4v) is 5.44. The second-order valence-electron chi connectivity index (χ2n) is 9.86. The van der Waals surface area contributed by atoms with Crippen LogP contribution >= 0.6 is 0 Å². The van der Waals surface area contributed by atoms with Crippen molar-refractivity contribution in [3.63, 3.8) is 0 Å². The zero-order valence-corrected chi connectivity index (χ0v) is 20.3. The smallest absolute Gasteiger partial charge is 0.390 e. The van der Waals surface area contributed by atoms with Crippen molar-refractivity contribution in [3.05, 3.63) is 34.7 Å². The highest BCUT2D eigenvalue weighted by atomic mass is 16.7. The number of carbonyl (C=O) groups is 2. The van der Waals surface area contributed by atoms with Gasteiger partial charge in [-0.1, -0.05) is 12.1 Å². The number of benzene rings is 1. The molecule has 186 valence electrons. The van der Waals surface area contributed by atoms with Crippen LogP contribution in [0, 0.1) is 0 Å². The summed E-state index contributed by atoms with van der Waals surface area (Å²) in [7, 11) is 1.69. The molecule has 2 bridgehead atoms. The number of fused-ring (bicyclic) bond motifs is 3. The van der Waals surface area contributed by atoms with Gasteiger partial charge in [0.15, 0.2) is 0 Å². The topological polar surface area (TPSA) is 109 Å². The standard InChI is InChI=1S/C24H35N5O5/c1-15(2)28-21-7-5-6-8-22(21)29(24(28)33)34-23(32)25-17-11-18-9-10-19(12-17)27(18)14-20(31)13-26(4)16(3)30/h5-8,15,17-20,31H,9-14H2,1-4H3,(H,25,32)/t17?,18-,19+,20-/m0/s1. The summed E-state index contributed by atoms with van der Waals surface area (Å²) in [5.74, 6) is -0.0703. The minimum Gasteiger partial charge on any atom is -0.390 e. The lowest BCUT2D eigenvalue weighted by molar-refractivity contribution is -0.129. The first-order valence-electron chi connectivity index (χ1n) is 12.0. The average Bonchev–Trinajstić information content (AvgIpc) is 3.16. The third-order valence-corrected chi connectivity index (χ3v) is 7.08. The monoisotopic (exact) mass is 473 g/mol. The van der Waals surface area contributed by atoms with Crippen LogP contribution in [0.1, 0.15) is 52.5 Å². The van der Waals surface area contributed by atoms with Crippen LogP contribution in [-0.4, -0.2) is 80.6 Å². The van der Waals surface area contributed by atoms with Gasteiger partial charge in [0.1, 0.15) is 5.52 Å². The second-order valence-corrected chi connectivity index (χ2v) is 9.86. The second kappa shape index (κ2) is 9.79. The van der Waals surface area contributed by atoms with Crippen LogP contribution in [0.15, 0.2) is 29.1 Å². The number of para-hydroxylation sites is 2.